The lowest BCUT2D eigenvalue weighted by Crippen LogP contribution is -2.45. The first kappa shape index (κ1) is 13.7. The molecule has 20 heavy (non-hydrogen) atoms. The number of hydrogen-bond acceptors (Lipinski definition) is 2. The second-order valence-electron chi connectivity index (χ2n) is 7.34. The molecule has 3 heteroatoms. The van der Waals surface area contributed by atoms with Crippen molar-refractivity contribution in [2.45, 2.75) is 46.1 Å². The Morgan fingerprint density at radius 1 is 1.30 bits per heavy atom. The van der Waals surface area contributed by atoms with E-state index in [0.717, 1.165) is 11.6 Å². The van der Waals surface area contributed by atoms with Crippen molar-refractivity contribution in [3.8, 4) is 5.75 Å². The summed E-state index contributed by atoms with van der Waals surface area (Å²) >= 11 is 0. The zero-order valence-electron chi connectivity index (χ0n) is 12.8. The molecule has 2 bridgehead atoms. The topological polar surface area (TPSA) is 21.3 Å². The molecule has 2 aliphatic carbocycles. The van der Waals surface area contributed by atoms with Gasteiger partial charge in [0.1, 0.15) is 0 Å². The molecule has 2 aliphatic rings. The van der Waals surface area contributed by atoms with Crippen molar-refractivity contribution in [2.24, 2.45) is 16.7 Å². The molecule has 1 N–H and O–H groups in total. The van der Waals surface area contributed by atoms with E-state index in [1.54, 1.807) is 12.1 Å². The van der Waals surface area contributed by atoms with E-state index in [1.807, 2.05) is 6.07 Å². The lowest BCUT2D eigenvalue weighted by molar-refractivity contribution is 0.155. The van der Waals surface area contributed by atoms with Crippen LogP contribution in [-0.2, 0) is 0 Å². The highest BCUT2D eigenvalue weighted by atomic mass is 19.1. The molecular weight excluding hydrogens is 253 g/mol. The van der Waals surface area contributed by atoms with Gasteiger partial charge >= 0.3 is 0 Å². The molecule has 0 aromatic heterocycles. The van der Waals surface area contributed by atoms with Crippen molar-refractivity contribution in [1.82, 2.24) is 0 Å². The van der Waals surface area contributed by atoms with Gasteiger partial charge < -0.3 is 10.1 Å². The van der Waals surface area contributed by atoms with Crippen LogP contribution in [0.5, 0.6) is 5.75 Å². The highest BCUT2D eigenvalue weighted by molar-refractivity contribution is 5.49. The highest BCUT2D eigenvalue weighted by Gasteiger charge is 2.59. The standard InChI is InChI=1S/C17H24FNO/c1-16(2)11-7-8-17(3,10-11)15(16)19-12-5-6-14(20-4)13(18)9-12/h5-6,9,11,15,19H,7-8,10H2,1-4H3/t11-,15?,17+/m0/s1. The summed E-state index contributed by atoms with van der Waals surface area (Å²) in [6, 6.07) is 5.55. The Labute approximate surface area is 120 Å². The minimum Gasteiger partial charge on any atom is -0.494 e. The molecular formula is C17H24FNO. The van der Waals surface area contributed by atoms with Gasteiger partial charge in [0.25, 0.3) is 0 Å². The fourth-order valence-corrected chi connectivity index (χ4v) is 4.59. The molecule has 0 aliphatic heterocycles. The molecule has 2 fully saturated rings. The van der Waals surface area contributed by atoms with Crippen LogP contribution >= 0.6 is 0 Å². The molecule has 2 nitrogen and oxygen atoms in total. The van der Waals surface area contributed by atoms with E-state index >= 15 is 0 Å². The predicted octanol–water partition coefficient (Wildman–Crippen LogP) is 4.46. The van der Waals surface area contributed by atoms with Gasteiger partial charge in [-0.25, -0.2) is 4.39 Å². The Balaban J connectivity index is 1.86. The molecule has 0 spiro atoms. The van der Waals surface area contributed by atoms with Crippen LogP contribution in [0, 0.1) is 22.6 Å². The molecule has 0 heterocycles. The van der Waals surface area contributed by atoms with Crippen molar-refractivity contribution in [3.63, 3.8) is 0 Å². The first-order valence-electron chi connectivity index (χ1n) is 7.47. The van der Waals surface area contributed by atoms with Crippen molar-refractivity contribution in [3.05, 3.63) is 24.0 Å². The second kappa shape index (κ2) is 4.37. The lowest BCUT2D eigenvalue weighted by atomic mass is 9.68. The Kier molecular flexibility index (Phi) is 3.00. The number of anilines is 1. The first-order chi connectivity index (χ1) is 9.37. The number of rotatable bonds is 3. The fourth-order valence-electron chi connectivity index (χ4n) is 4.59. The third-order valence-corrected chi connectivity index (χ3v) is 5.73. The zero-order chi connectivity index (χ0) is 14.5. The highest BCUT2D eigenvalue weighted by Crippen LogP contribution is 2.63. The smallest absolute Gasteiger partial charge is 0.167 e. The van der Waals surface area contributed by atoms with Crippen LogP contribution in [0.15, 0.2) is 18.2 Å². The predicted molar refractivity (Wildman–Crippen MR) is 79.6 cm³/mol. The molecule has 0 saturated heterocycles. The monoisotopic (exact) mass is 277 g/mol. The van der Waals surface area contributed by atoms with Gasteiger partial charge in [-0.05, 0) is 48.1 Å². The Bertz CT molecular complexity index is 523. The summed E-state index contributed by atoms with van der Waals surface area (Å²) in [6.45, 7) is 7.07. The Morgan fingerprint density at radius 3 is 2.60 bits per heavy atom. The number of benzene rings is 1. The zero-order valence-corrected chi connectivity index (χ0v) is 12.8. The number of hydrogen-bond donors (Lipinski definition) is 1. The van der Waals surface area contributed by atoms with Crippen molar-refractivity contribution >= 4 is 5.69 Å². The molecule has 1 unspecified atom stereocenters. The van der Waals surface area contributed by atoms with Crippen LogP contribution < -0.4 is 10.1 Å². The molecule has 3 atom stereocenters. The minimum absolute atomic E-state index is 0.267. The summed E-state index contributed by atoms with van der Waals surface area (Å²) in [5, 5.41) is 3.60. The quantitative estimate of drug-likeness (QED) is 0.880. The van der Waals surface area contributed by atoms with E-state index in [2.05, 4.69) is 26.1 Å². The van der Waals surface area contributed by atoms with Gasteiger partial charge in [-0.1, -0.05) is 20.8 Å². The average Bonchev–Trinajstić information content (AvgIpc) is 2.86. The van der Waals surface area contributed by atoms with E-state index in [9.17, 15) is 4.39 Å². The molecule has 1 aromatic carbocycles. The number of methoxy groups -OCH3 is 1. The SMILES string of the molecule is COc1ccc(NC2C(C)(C)[C@H]3CC[C@]2(C)C3)cc1F. The largest absolute Gasteiger partial charge is 0.494 e. The maximum atomic E-state index is 13.8. The lowest BCUT2D eigenvalue weighted by Gasteiger charge is -2.43. The van der Waals surface area contributed by atoms with E-state index in [-0.39, 0.29) is 11.2 Å². The Hall–Kier alpha value is -1.25. The second-order valence-corrected chi connectivity index (χ2v) is 7.34. The van der Waals surface area contributed by atoms with Crippen molar-refractivity contribution in [1.29, 1.82) is 0 Å². The van der Waals surface area contributed by atoms with E-state index in [0.29, 0.717) is 17.2 Å². The number of ether oxygens (including phenoxy) is 1. The maximum absolute atomic E-state index is 13.8. The van der Waals surface area contributed by atoms with Crippen molar-refractivity contribution in [2.75, 3.05) is 12.4 Å². The van der Waals surface area contributed by atoms with E-state index in [1.165, 1.54) is 26.4 Å². The van der Waals surface area contributed by atoms with Gasteiger partial charge in [-0.2, -0.15) is 0 Å². The van der Waals surface area contributed by atoms with Crippen LogP contribution in [0.25, 0.3) is 0 Å². The van der Waals surface area contributed by atoms with Gasteiger partial charge in [0.15, 0.2) is 11.6 Å². The number of fused-ring (bicyclic) bond motifs is 2. The average molecular weight is 277 g/mol. The van der Waals surface area contributed by atoms with E-state index in [4.69, 9.17) is 4.74 Å². The summed E-state index contributed by atoms with van der Waals surface area (Å²) in [5.41, 5.74) is 1.46. The van der Waals surface area contributed by atoms with Crippen molar-refractivity contribution < 1.29 is 9.13 Å². The maximum Gasteiger partial charge on any atom is 0.167 e. The number of nitrogens with one attached hydrogen (secondary N) is 1. The minimum atomic E-state index is -0.302. The molecule has 2 saturated carbocycles. The summed E-state index contributed by atoms with van der Waals surface area (Å²) < 4.78 is 18.8. The van der Waals surface area contributed by atoms with Gasteiger partial charge in [0.05, 0.1) is 7.11 Å². The fraction of sp³-hybridized carbons (Fsp3) is 0.647. The van der Waals surface area contributed by atoms with Crippen LogP contribution in [0.2, 0.25) is 0 Å². The third-order valence-electron chi connectivity index (χ3n) is 5.73. The third kappa shape index (κ3) is 1.90. The summed E-state index contributed by atoms with van der Waals surface area (Å²) in [7, 11) is 1.49. The molecule has 0 radical (unpaired) electrons. The Morgan fingerprint density at radius 2 is 2.05 bits per heavy atom. The molecule has 110 valence electrons. The molecule has 0 amide bonds. The first-order valence-corrected chi connectivity index (χ1v) is 7.47. The van der Waals surface area contributed by atoms with Gasteiger partial charge in [0.2, 0.25) is 0 Å². The normalized spacial score (nSPS) is 34.2. The van der Waals surface area contributed by atoms with Crippen LogP contribution in [0.1, 0.15) is 40.0 Å². The van der Waals surface area contributed by atoms with Gasteiger partial charge in [-0.3, -0.25) is 0 Å². The van der Waals surface area contributed by atoms with Crippen LogP contribution in [-0.4, -0.2) is 13.2 Å². The molecule has 3 rings (SSSR count). The van der Waals surface area contributed by atoms with Gasteiger partial charge in [0, 0.05) is 17.8 Å². The van der Waals surface area contributed by atoms with Crippen LogP contribution in [0.3, 0.4) is 0 Å². The summed E-state index contributed by atoms with van der Waals surface area (Å²) in [6.07, 6.45) is 3.90. The molecule has 1 aromatic rings. The summed E-state index contributed by atoms with van der Waals surface area (Å²) in [4.78, 5) is 0. The van der Waals surface area contributed by atoms with E-state index < -0.39 is 0 Å². The van der Waals surface area contributed by atoms with Crippen LogP contribution in [0.4, 0.5) is 10.1 Å². The summed E-state index contributed by atoms with van der Waals surface area (Å²) in [5.74, 6) is 0.783. The van der Waals surface area contributed by atoms with Gasteiger partial charge in [-0.15, -0.1) is 0 Å². The number of halogens is 1.